The number of aliphatic hydroxyl groups is 1. The van der Waals surface area contributed by atoms with Crippen molar-refractivity contribution in [2.45, 2.75) is 290 Å². The van der Waals surface area contributed by atoms with Gasteiger partial charge in [0.05, 0.1) is 32.8 Å². The van der Waals surface area contributed by atoms with Crippen LogP contribution in [0.1, 0.15) is 272 Å². The van der Waals surface area contributed by atoms with E-state index >= 15 is 0 Å². The third kappa shape index (κ3) is 71.1. The molecular formula is C81H132O17P2. The Kier molecular flexibility index (Phi) is 68.2. The summed E-state index contributed by atoms with van der Waals surface area (Å²) < 4.78 is 68.2. The van der Waals surface area contributed by atoms with Gasteiger partial charge in [-0.1, -0.05) is 269 Å². The summed E-state index contributed by atoms with van der Waals surface area (Å²) in [6.07, 6.45) is 82.9. The maximum atomic E-state index is 13.1. The zero-order valence-electron chi connectivity index (χ0n) is 61.8. The molecule has 0 heterocycles. The lowest BCUT2D eigenvalue weighted by Crippen LogP contribution is -2.30. The Hall–Kier alpha value is -5.32. The summed E-state index contributed by atoms with van der Waals surface area (Å²) in [7, 11) is -10.0. The fourth-order valence-corrected chi connectivity index (χ4v) is 10.9. The van der Waals surface area contributed by atoms with E-state index in [-0.39, 0.29) is 25.7 Å². The Labute approximate surface area is 604 Å². The van der Waals surface area contributed by atoms with E-state index in [0.717, 1.165) is 141 Å². The van der Waals surface area contributed by atoms with Crippen LogP contribution in [0.3, 0.4) is 0 Å². The van der Waals surface area contributed by atoms with Crippen molar-refractivity contribution >= 4 is 39.5 Å². The highest BCUT2D eigenvalue weighted by Gasteiger charge is 2.30. The molecule has 0 fully saturated rings. The Bertz CT molecular complexity index is 2520. The molecule has 0 aliphatic carbocycles. The van der Waals surface area contributed by atoms with Gasteiger partial charge in [0.25, 0.3) is 0 Å². The highest BCUT2D eigenvalue weighted by atomic mass is 31.2. The molecule has 0 amide bonds. The second-order valence-electron chi connectivity index (χ2n) is 24.5. The molecule has 0 aromatic heterocycles. The molecule has 0 spiro atoms. The number of carbonyl (C=O) groups is 4. The second kappa shape index (κ2) is 72.0. The quantitative estimate of drug-likeness (QED) is 0.0169. The summed E-state index contributed by atoms with van der Waals surface area (Å²) >= 11 is 0. The van der Waals surface area contributed by atoms with Gasteiger partial charge in [0, 0.05) is 19.3 Å². The number of phosphoric acid groups is 2. The standard InChI is InChI=1S/C81H132O17P2/c1-5-9-13-17-21-25-29-32-35-36-37-38-41-43-47-50-54-58-62-66-79(84)92-72-77(98-81(86)68-64-60-56-52-48-44-40-34-31-27-23-19-15-11-7-3)74-96-100(89,90)94-70-75(82)69-93-99(87,88)95-73-76(97-80(85)67-63-59-55-51-45-28-24-20-16-12-8-4)71-91-78(83)65-61-57-53-49-46-42-39-33-30-26-22-18-14-10-6-2/h9-10,13-14,20-22,24-26,32-35,37-40,43,46-47,49,54,57-58,61,75-77,82H,5-8,11-12,15-19,23,27-31,36,41-42,44-45,48,50-53,55-56,59-60,62-74H2,1-4H3,(H,87,88)(H,89,90)/b13-9-,14-10-,24-20-,25-21-,26-22-,35-32-,38-37-,39-33-,40-34-,47-43-,49-46-,58-54-,61-57-. The van der Waals surface area contributed by atoms with E-state index in [1.807, 2.05) is 36.5 Å². The molecule has 0 aliphatic rings. The number of esters is 4. The molecule has 0 aromatic carbocycles. The van der Waals surface area contributed by atoms with Crippen molar-refractivity contribution in [3.8, 4) is 0 Å². The summed E-state index contributed by atoms with van der Waals surface area (Å²) in [4.78, 5) is 72.7. The highest BCUT2D eigenvalue weighted by Crippen LogP contribution is 2.45. The number of hydrogen-bond donors (Lipinski definition) is 3. The van der Waals surface area contributed by atoms with Crippen LogP contribution < -0.4 is 0 Å². The summed E-state index contributed by atoms with van der Waals surface area (Å²) in [5, 5.41) is 10.6. The molecule has 0 saturated heterocycles. The lowest BCUT2D eigenvalue weighted by molar-refractivity contribution is -0.161. The molecular weight excluding hydrogens is 1310 g/mol. The molecule has 0 radical (unpaired) electrons. The summed E-state index contributed by atoms with van der Waals surface area (Å²) in [6, 6.07) is 0. The van der Waals surface area contributed by atoms with Gasteiger partial charge in [0.2, 0.25) is 0 Å². The van der Waals surface area contributed by atoms with Crippen LogP contribution in [0.5, 0.6) is 0 Å². The van der Waals surface area contributed by atoms with Gasteiger partial charge in [0.15, 0.2) is 12.2 Å². The number of unbranched alkanes of at least 4 members (excludes halogenated alkanes) is 18. The minimum absolute atomic E-state index is 0.0284. The van der Waals surface area contributed by atoms with Crippen molar-refractivity contribution < 1.29 is 80.2 Å². The number of carbonyl (C=O) groups excluding carboxylic acids is 4. The molecule has 100 heavy (non-hydrogen) atoms. The van der Waals surface area contributed by atoms with Gasteiger partial charge >= 0.3 is 39.5 Å². The van der Waals surface area contributed by atoms with Gasteiger partial charge in [-0.2, -0.15) is 0 Å². The maximum absolute atomic E-state index is 13.1. The zero-order valence-corrected chi connectivity index (χ0v) is 63.6. The number of allylic oxidation sites excluding steroid dienone is 25. The van der Waals surface area contributed by atoms with Gasteiger partial charge in [-0.25, -0.2) is 9.13 Å². The fourth-order valence-electron chi connectivity index (χ4n) is 9.29. The minimum atomic E-state index is -5.00. The maximum Gasteiger partial charge on any atom is 0.472 e. The van der Waals surface area contributed by atoms with Gasteiger partial charge in [0.1, 0.15) is 19.3 Å². The molecule has 0 rings (SSSR count). The predicted octanol–water partition coefficient (Wildman–Crippen LogP) is 21.7. The smallest absolute Gasteiger partial charge is 0.462 e. The molecule has 19 heteroatoms. The molecule has 5 unspecified atom stereocenters. The number of phosphoric ester groups is 2. The first-order valence-corrected chi connectivity index (χ1v) is 40.7. The summed E-state index contributed by atoms with van der Waals surface area (Å²) in [5.74, 6) is -2.45. The van der Waals surface area contributed by atoms with E-state index in [1.54, 1.807) is 6.08 Å². The Morgan fingerprint density at radius 1 is 0.300 bits per heavy atom. The lowest BCUT2D eigenvalue weighted by Gasteiger charge is -2.21. The van der Waals surface area contributed by atoms with Crippen LogP contribution in [-0.4, -0.2) is 96.7 Å². The van der Waals surface area contributed by atoms with Crippen LogP contribution in [0.2, 0.25) is 0 Å². The monoisotopic (exact) mass is 1440 g/mol. The van der Waals surface area contributed by atoms with Gasteiger partial charge in [-0.15, -0.1) is 0 Å². The molecule has 17 nitrogen and oxygen atoms in total. The van der Waals surface area contributed by atoms with Crippen LogP contribution in [0.15, 0.2) is 158 Å². The van der Waals surface area contributed by atoms with E-state index in [9.17, 15) is 43.2 Å². The minimum Gasteiger partial charge on any atom is -0.462 e. The Morgan fingerprint density at radius 3 is 0.960 bits per heavy atom. The molecule has 3 N–H and O–H groups in total. The molecule has 0 bridgehead atoms. The van der Waals surface area contributed by atoms with Crippen LogP contribution >= 0.6 is 15.6 Å². The summed E-state index contributed by atoms with van der Waals surface area (Å²) in [6.45, 7) is 4.35. The van der Waals surface area contributed by atoms with Crippen LogP contribution in [-0.2, 0) is 65.4 Å². The summed E-state index contributed by atoms with van der Waals surface area (Å²) in [5.41, 5.74) is 0. The number of aliphatic hydroxyl groups excluding tert-OH is 1. The molecule has 0 aliphatic heterocycles. The number of hydrogen-bond acceptors (Lipinski definition) is 15. The van der Waals surface area contributed by atoms with Crippen molar-refractivity contribution in [1.82, 2.24) is 0 Å². The lowest BCUT2D eigenvalue weighted by atomic mass is 10.1. The molecule has 0 aromatic rings. The van der Waals surface area contributed by atoms with Crippen molar-refractivity contribution in [2.24, 2.45) is 0 Å². The van der Waals surface area contributed by atoms with Gasteiger partial charge < -0.3 is 33.8 Å². The zero-order chi connectivity index (χ0) is 73.2. The molecule has 5 atom stereocenters. The first-order chi connectivity index (χ1) is 48.7. The normalized spacial score (nSPS) is 14.8. The molecule has 568 valence electrons. The first kappa shape index (κ1) is 94.7. The van der Waals surface area contributed by atoms with Crippen LogP contribution in [0, 0.1) is 0 Å². The Balaban J connectivity index is 5.48. The van der Waals surface area contributed by atoms with E-state index < -0.39 is 97.5 Å². The SMILES string of the molecule is CC/C=C\C/C=C\C/C=C\C/C=C\C/C=C\C/C=C\CCC(=O)OCC(COP(=O)(O)OCC(O)COP(=O)(O)OCC(COC(=O)C/C=C\C/C=C\C/C=C\C/C=C\C/C=C\CC)OC(=O)CCCCCCC/C=C\CCCC)OC(=O)CCCCCCC/C=C\CCCCCCCC. The largest absolute Gasteiger partial charge is 0.472 e. The van der Waals surface area contributed by atoms with Gasteiger partial charge in [-0.3, -0.25) is 37.3 Å². The third-order valence-electron chi connectivity index (χ3n) is 15.0. The Morgan fingerprint density at radius 2 is 0.590 bits per heavy atom. The fraction of sp³-hybridized carbons (Fsp3) is 0.630. The van der Waals surface area contributed by atoms with Crippen molar-refractivity contribution in [3.63, 3.8) is 0 Å². The van der Waals surface area contributed by atoms with E-state index in [1.165, 1.54) is 44.9 Å². The third-order valence-corrected chi connectivity index (χ3v) is 16.9. The molecule has 0 saturated carbocycles. The second-order valence-corrected chi connectivity index (χ2v) is 27.4. The van der Waals surface area contributed by atoms with Gasteiger partial charge in [-0.05, 0) is 135 Å². The van der Waals surface area contributed by atoms with Crippen molar-refractivity contribution in [1.29, 1.82) is 0 Å². The average molecular weight is 1440 g/mol. The van der Waals surface area contributed by atoms with Crippen LogP contribution in [0.4, 0.5) is 0 Å². The highest BCUT2D eigenvalue weighted by molar-refractivity contribution is 7.47. The van der Waals surface area contributed by atoms with E-state index in [0.29, 0.717) is 32.1 Å². The van der Waals surface area contributed by atoms with E-state index in [4.69, 9.17) is 37.0 Å². The van der Waals surface area contributed by atoms with Crippen molar-refractivity contribution in [3.05, 3.63) is 158 Å². The predicted molar refractivity (Wildman–Crippen MR) is 408 cm³/mol. The first-order valence-electron chi connectivity index (χ1n) is 37.7. The topological polar surface area (TPSA) is 237 Å². The van der Waals surface area contributed by atoms with Crippen LogP contribution in [0.25, 0.3) is 0 Å². The average Bonchev–Trinajstić information content (AvgIpc) is 0.985. The number of ether oxygens (including phenoxy) is 4. The van der Waals surface area contributed by atoms with Crippen molar-refractivity contribution in [2.75, 3.05) is 39.6 Å². The number of rotatable bonds is 69. The van der Waals surface area contributed by atoms with E-state index in [2.05, 4.69) is 143 Å².